The molecular formula is C51H88O17P2. The van der Waals surface area contributed by atoms with Gasteiger partial charge in [0.1, 0.15) is 43.2 Å². The van der Waals surface area contributed by atoms with Crippen molar-refractivity contribution in [2.75, 3.05) is 13.2 Å². The Hall–Kier alpha value is -2.34. The highest BCUT2D eigenvalue weighted by Crippen LogP contribution is 2.49. The summed E-state index contributed by atoms with van der Waals surface area (Å²) in [5, 5.41) is 41.3. The molecule has 1 saturated heterocycles. The fraction of sp³-hybridized carbons (Fsp3) is 0.765. The molecule has 1 heterocycles. The summed E-state index contributed by atoms with van der Waals surface area (Å²) < 4.78 is 55.2. The van der Waals surface area contributed by atoms with E-state index in [1.54, 1.807) is 0 Å². The van der Waals surface area contributed by atoms with E-state index in [-0.39, 0.29) is 25.0 Å². The highest BCUT2D eigenvalue weighted by molar-refractivity contribution is 7.47. The zero-order valence-corrected chi connectivity index (χ0v) is 43.7. The first-order chi connectivity index (χ1) is 33.6. The van der Waals surface area contributed by atoms with Gasteiger partial charge >= 0.3 is 27.6 Å². The molecular weight excluding hydrogens is 946 g/mol. The Kier molecular flexibility index (Phi) is 34.9. The number of hydrogen-bond acceptors (Lipinski definition) is 14. The number of carbonyl (C=O) groups excluding carboxylic acids is 2. The smallest absolute Gasteiger partial charge is 0.462 e. The third-order valence-electron chi connectivity index (χ3n) is 12.0. The molecule has 17 nitrogen and oxygen atoms in total. The molecule has 0 bridgehead atoms. The Labute approximate surface area is 417 Å². The second-order valence-corrected chi connectivity index (χ2v) is 20.9. The van der Waals surface area contributed by atoms with Crippen molar-refractivity contribution in [3.8, 4) is 0 Å². The Morgan fingerprint density at radius 1 is 0.514 bits per heavy atom. The fourth-order valence-electron chi connectivity index (χ4n) is 7.80. The molecule has 1 aliphatic heterocycles. The number of aliphatic hydroxyl groups is 4. The summed E-state index contributed by atoms with van der Waals surface area (Å²) >= 11 is 0. The lowest BCUT2D eigenvalue weighted by atomic mass is 9.85. The van der Waals surface area contributed by atoms with Crippen LogP contribution in [-0.4, -0.2) is 115 Å². The number of ether oxygens (including phenoxy) is 3. The van der Waals surface area contributed by atoms with E-state index in [4.69, 9.17) is 23.3 Å². The Bertz CT molecular complexity index is 1650. The van der Waals surface area contributed by atoms with Crippen LogP contribution in [0.3, 0.4) is 0 Å². The summed E-state index contributed by atoms with van der Waals surface area (Å²) in [6.07, 6.45) is 31.9. The van der Waals surface area contributed by atoms with Crippen molar-refractivity contribution < 1.29 is 81.6 Å². The van der Waals surface area contributed by atoms with Crippen LogP contribution in [0.15, 0.2) is 60.8 Å². The first-order valence-electron chi connectivity index (χ1n) is 26.0. The number of hydrogen-bond donors (Lipinski definition) is 7. The van der Waals surface area contributed by atoms with E-state index in [1.807, 2.05) is 12.2 Å². The topological polar surface area (TPSA) is 269 Å². The molecule has 0 amide bonds. The maximum absolute atomic E-state index is 13.0. The maximum atomic E-state index is 13.0. The van der Waals surface area contributed by atoms with Crippen LogP contribution in [0, 0.1) is 0 Å². The Morgan fingerprint density at radius 2 is 0.957 bits per heavy atom. The van der Waals surface area contributed by atoms with Crippen LogP contribution in [-0.2, 0) is 46.5 Å². The number of rotatable bonds is 42. The van der Waals surface area contributed by atoms with E-state index in [1.165, 1.54) is 57.8 Å². The highest BCUT2D eigenvalue weighted by atomic mass is 31.2. The van der Waals surface area contributed by atoms with Gasteiger partial charge in [-0.25, -0.2) is 9.13 Å². The second-order valence-electron chi connectivity index (χ2n) is 18.3. The lowest BCUT2D eigenvalue weighted by Crippen LogP contribution is -2.64. The molecule has 7 N–H and O–H groups in total. The number of phosphoric acid groups is 2. The van der Waals surface area contributed by atoms with Crippen molar-refractivity contribution in [1.82, 2.24) is 0 Å². The van der Waals surface area contributed by atoms with Gasteiger partial charge in [-0.05, 0) is 83.5 Å². The third-order valence-corrected chi connectivity index (χ3v) is 13.5. The zero-order chi connectivity index (χ0) is 51.5. The predicted octanol–water partition coefficient (Wildman–Crippen LogP) is 9.61. The Morgan fingerprint density at radius 3 is 1.50 bits per heavy atom. The minimum atomic E-state index is -5.38. The normalized spacial score (nSPS) is 24.4. The predicted molar refractivity (Wildman–Crippen MR) is 268 cm³/mol. The van der Waals surface area contributed by atoms with E-state index in [2.05, 4.69) is 67.0 Å². The average molecular weight is 1040 g/mol. The number of unbranched alkanes of at least 4 members (excludes halogenated alkanes) is 16. The number of phosphoric ester groups is 2. The molecule has 2 fully saturated rings. The van der Waals surface area contributed by atoms with Crippen LogP contribution in [0.25, 0.3) is 0 Å². The van der Waals surface area contributed by atoms with E-state index in [0.717, 1.165) is 77.0 Å². The number of allylic oxidation sites excluding steroid dienone is 8. The van der Waals surface area contributed by atoms with E-state index in [9.17, 15) is 53.8 Å². The van der Waals surface area contributed by atoms with Gasteiger partial charge in [0, 0.05) is 12.8 Å². The van der Waals surface area contributed by atoms with Gasteiger partial charge in [0.05, 0.1) is 18.8 Å². The van der Waals surface area contributed by atoms with Crippen LogP contribution >= 0.6 is 15.6 Å². The number of carbonyl (C=O) groups is 2. The summed E-state index contributed by atoms with van der Waals surface area (Å²) in [6, 6.07) is 0. The molecule has 0 spiro atoms. The Balaban J connectivity index is 1.78. The van der Waals surface area contributed by atoms with Gasteiger partial charge < -0.3 is 49.3 Å². The molecule has 7 unspecified atom stereocenters. The summed E-state index contributed by atoms with van der Waals surface area (Å²) in [5.41, 5.74) is 0. The standard InChI is InChI=1S/C51H88O17P2/c1-3-5-7-9-11-13-14-15-16-17-18-19-20-21-22-24-26-28-34-38-45(53)65-41(40-64-70(61,62)68-51-48(56)46(54)47(55)50(49(51)57)67-69(58,59)60)39-63-44(52)37-33-30-29-32-36-43-42(66-43)35-31-27-25-23-12-10-8-6-4-2/h11-13,15-16,23,27,29,31-32,41-43,46-51,54-57H,3-10,14,17-22,24-26,28,30,33-40H2,1-2H3,(H,61,62)(H2,58,59,60)/b13-11-,16-15-,23-12-,31-27-,32-29-/t41-,42?,43?,46?,47?,48?,49?,50-,51+/m1/s1. The molecule has 1 aliphatic carbocycles. The molecule has 70 heavy (non-hydrogen) atoms. The van der Waals surface area contributed by atoms with Crippen molar-refractivity contribution in [3.63, 3.8) is 0 Å². The molecule has 0 aromatic heterocycles. The molecule has 0 aromatic rings. The highest BCUT2D eigenvalue weighted by Gasteiger charge is 2.54. The summed E-state index contributed by atoms with van der Waals surface area (Å²) in [6.45, 7) is 3.01. The lowest BCUT2D eigenvalue weighted by Gasteiger charge is -2.43. The van der Waals surface area contributed by atoms with Crippen LogP contribution in [0.5, 0.6) is 0 Å². The summed E-state index contributed by atoms with van der Waals surface area (Å²) in [4.78, 5) is 54.5. The molecule has 19 heteroatoms. The van der Waals surface area contributed by atoms with Crippen LogP contribution < -0.4 is 0 Å². The number of aliphatic hydroxyl groups excluding tert-OH is 4. The summed E-state index contributed by atoms with van der Waals surface area (Å²) in [5.74, 6) is -1.28. The number of epoxide rings is 1. The average Bonchev–Trinajstić information content (AvgIpc) is 4.08. The van der Waals surface area contributed by atoms with Gasteiger partial charge in [0.2, 0.25) is 0 Å². The van der Waals surface area contributed by atoms with Crippen molar-refractivity contribution in [2.45, 2.75) is 236 Å². The van der Waals surface area contributed by atoms with Crippen molar-refractivity contribution in [2.24, 2.45) is 0 Å². The van der Waals surface area contributed by atoms with Crippen LogP contribution in [0.2, 0.25) is 0 Å². The summed E-state index contributed by atoms with van der Waals surface area (Å²) in [7, 11) is -10.7. The molecule has 10 atom stereocenters. The van der Waals surface area contributed by atoms with Crippen LogP contribution in [0.4, 0.5) is 0 Å². The minimum Gasteiger partial charge on any atom is -0.462 e. The van der Waals surface area contributed by atoms with Gasteiger partial charge in [0.15, 0.2) is 6.10 Å². The van der Waals surface area contributed by atoms with Crippen LogP contribution in [0.1, 0.15) is 181 Å². The molecule has 2 aliphatic rings. The monoisotopic (exact) mass is 1030 g/mol. The van der Waals surface area contributed by atoms with Gasteiger partial charge in [-0.15, -0.1) is 0 Å². The van der Waals surface area contributed by atoms with E-state index < -0.39 is 83.5 Å². The van der Waals surface area contributed by atoms with Gasteiger partial charge in [-0.2, -0.15) is 0 Å². The molecule has 404 valence electrons. The van der Waals surface area contributed by atoms with Crippen molar-refractivity contribution in [3.05, 3.63) is 60.8 Å². The van der Waals surface area contributed by atoms with E-state index in [0.29, 0.717) is 19.3 Å². The molecule has 1 saturated carbocycles. The first kappa shape index (κ1) is 63.8. The van der Waals surface area contributed by atoms with Crippen molar-refractivity contribution >= 4 is 27.6 Å². The zero-order valence-electron chi connectivity index (χ0n) is 41.9. The quantitative estimate of drug-likeness (QED) is 0.00986. The first-order valence-corrected chi connectivity index (χ1v) is 29.0. The number of esters is 2. The van der Waals surface area contributed by atoms with Crippen molar-refractivity contribution in [1.29, 1.82) is 0 Å². The maximum Gasteiger partial charge on any atom is 0.472 e. The fourth-order valence-corrected chi connectivity index (χ4v) is 9.33. The van der Waals surface area contributed by atoms with Gasteiger partial charge in [-0.3, -0.25) is 23.2 Å². The second kappa shape index (κ2) is 38.3. The lowest BCUT2D eigenvalue weighted by molar-refractivity contribution is -0.216. The molecule has 0 aromatic carbocycles. The SMILES string of the molecule is CCCCC/C=C\C/C=C\CCCCCCCCCCCC(=O)O[C@H](COC(=O)CCC/C=C\CC1OC1C/C=C\C/C=C\CCCCC)COP(=O)(O)O[C@H]1C(O)C(O)C(O)[C@@H](OP(=O)(O)O)C1O. The largest absolute Gasteiger partial charge is 0.472 e. The molecule has 0 radical (unpaired) electrons. The molecule has 2 rings (SSSR count). The van der Waals surface area contributed by atoms with E-state index >= 15 is 0 Å². The van der Waals surface area contributed by atoms with Gasteiger partial charge in [-0.1, -0.05) is 145 Å². The minimum absolute atomic E-state index is 0.0219. The third kappa shape index (κ3) is 31.3. The van der Waals surface area contributed by atoms with Gasteiger partial charge in [0.25, 0.3) is 0 Å².